The van der Waals surface area contributed by atoms with Crippen LogP contribution >= 0.6 is 23.4 Å². The number of aryl methyl sites for hydroxylation is 1. The van der Waals surface area contributed by atoms with Crippen LogP contribution in [-0.2, 0) is 15.3 Å². The highest BCUT2D eigenvalue weighted by atomic mass is 35.5. The molecule has 2 atom stereocenters. The molecule has 2 aromatic carbocycles. The Hall–Kier alpha value is -2.02. The number of anilines is 1. The van der Waals surface area contributed by atoms with Crippen LogP contribution in [0, 0.1) is 6.92 Å². The highest BCUT2D eigenvalue weighted by Gasteiger charge is 2.27. The fourth-order valence-electron chi connectivity index (χ4n) is 2.93. The van der Waals surface area contributed by atoms with Gasteiger partial charge in [0.05, 0.1) is 0 Å². The molecule has 0 radical (unpaired) electrons. The normalized spacial score (nSPS) is 19.4. The van der Waals surface area contributed by atoms with Crippen molar-refractivity contribution in [2.75, 3.05) is 5.32 Å². The van der Waals surface area contributed by atoms with E-state index in [0.29, 0.717) is 10.8 Å². The molecule has 2 amide bonds. The molecule has 1 fully saturated rings. The van der Waals surface area contributed by atoms with Crippen LogP contribution in [0.3, 0.4) is 0 Å². The highest BCUT2D eigenvalue weighted by Crippen LogP contribution is 2.21. The van der Waals surface area contributed by atoms with Crippen LogP contribution in [0.5, 0.6) is 0 Å². The molecule has 2 aromatic rings. The Morgan fingerprint density at radius 2 is 2.07 bits per heavy atom. The van der Waals surface area contributed by atoms with Crippen molar-refractivity contribution in [2.45, 2.75) is 37.1 Å². The maximum atomic E-state index is 12.3. The molecule has 5 nitrogen and oxygen atoms in total. The predicted octanol–water partition coefficient (Wildman–Crippen LogP) is 3.67. The van der Waals surface area contributed by atoms with Crippen molar-refractivity contribution in [1.82, 2.24) is 10.6 Å². The fourth-order valence-corrected chi connectivity index (χ4v) is 4.18. The van der Waals surface area contributed by atoms with E-state index in [-0.39, 0.29) is 36.2 Å². The molecule has 2 unspecified atom stereocenters. The SMILES string of the molecule is Cc1cccc(NC(=O)CC2CC(=O)NC(SCc3cccc(Cl)c3)N2)c1. The summed E-state index contributed by atoms with van der Waals surface area (Å²) in [6, 6.07) is 15.1. The van der Waals surface area contributed by atoms with Crippen LogP contribution in [0.25, 0.3) is 0 Å². The van der Waals surface area contributed by atoms with Crippen LogP contribution in [-0.4, -0.2) is 23.4 Å². The van der Waals surface area contributed by atoms with Gasteiger partial charge in [0.25, 0.3) is 0 Å². The van der Waals surface area contributed by atoms with Crippen molar-refractivity contribution in [1.29, 1.82) is 0 Å². The van der Waals surface area contributed by atoms with Crippen molar-refractivity contribution in [3.63, 3.8) is 0 Å². The first kappa shape index (κ1) is 19.7. The summed E-state index contributed by atoms with van der Waals surface area (Å²) >= 11 is 7.57. The second-order valence-corrected chi connectivity index (χ2v) is 8.11. The Balaban J connectivity index is 1.52. The summed E-state index contributed by atoms with van der Waals surface area (Å²) in [7, 11) is 0. The summed E-state index contributed by atoms with van der Waals surface area (Å²) in [6.07, 6.45) is 0.533. The Morgan fingerprint density at radius 1 is 1.26 bits per heavy atom. The maximum Gasteiger partial charge on any atom is 0.225 e. The molecule has 1 saturated heterocycles. The molecule has 1 heterocycles. The minimum absolute atomic E-state index is 0.0503. The zero-order valence-corrected chi connectivity index (χ0v) is 16.6. The zero-order chi connectivity index (χ0) is 19.2. The number of rotatable bonds is 6. The van der Waals surface area contributed by atoms with Gasteiger partial charge in [0.2, 0.25) is 11.8 Å². The number of halogens is 1. The minimum atomic E-state index is -0.234. The molecule has 0 aliphatic carbocycles. The summed E-state index contributed by atoms with van der Waals surface area (Å²) < 4.78 is 0. The first-order chi connectivity index (χ1) is 13.0. The smallest absolute Gasteiger partial charge is 0.225 e. The lowest BCUT2D eigenvalue weighted by molar-refractivity contribution is -0.124. The van der Waals surface area contributed by atoms with Gasteiger partial charge in [-0.2, -0.15) is 0 Å². The number of thioether (sulfide) groups is 1. The van der Waals surface area contributed by atoms with Crippen molar-refractivity contribution in [3.8, 4) is 0 Å². The average Bonchev–Trinajstić information content (AvgIpc) is 2.59. The molecule has 1 aliphatic rings. The van der Waals surface area contributed by atoms with Crippen molar-refractivity contribution < 1.29 is 9.59 Å². The van der Waals surface area contributed by atoms with E-state index in [0.717, 1.165) is 16.8 Å². The standard InChI is InChI=1S/C20H22ClN3O2S/c1-13-4-2-7-16(8-13)22-18(25)10-17-11-19(26)24-20(23-17)27-12-14-5-3-6-15(21)9-14/h2-9,17,20,23H,10-12H2,1H3,(H,22,25)(H,24,26). The van der Waals surface area contributed by atoms with Crippen LogP contribution in [0.2, 0.25) is 5.02 Å². The first-order valence-electron chi connectivity index (χ1n) is 8.76. The van der Waals surface area contributed by atoms with Gasteiger partial charge in [0.1, 0.15) is 5.50 Å². The van der Waals surface area contributed by atoms with Gasteiger partial charge in [0.15, 0.2) is 0 Å². The van der Waals surface area contributed by atoms with Gasteiger partial charge < -0.3 is 10.6 Å². The van der Waals surface area contributed by atoms with Gasteiger partial charge >= 0.3 is 0 Å². The predicted molar refractivity (Wildman–Crippen MR) is 111 cm³/mol. The summed E-state index contributed by atoms with van der Waals surface area (Å²) in [6.45, 7) is 1.98. The summed E-state index contributed by atoms with van der Waals surface area (Å²) in [4.78, 5) is 24.3. The monoisotopic (exact) mass is 403 g/mol. The Labute approximate surface area is 168 Å². The van der Waals surface area contributed by atoms with Gasteiger partial charge in [-0.3, -0.25) is 14.9 Å². The van der Waals surface area contributed by atoms with Crippen molar-refractivity contribution >= 4 is 40.9 Å². The summed E-state index contributed by atoms with van der Waals surface area (Å²) in [5, 5.41) is 9.83. The van der Waals surface area contributed by atoms with E-state index < -0.39 is 0 Å². The molecule has 27 heavy (non-hydrogen) atoms. The van der Waals surface area contributed by atoms with Crippen LogP contribution in [0.4, 0.5) is 5.69 Å². The molecular formula is C20H22ClN3O2S. The lowest BCUT2D eigenvalue weighted by atomic mass is 10.1. The molecule has 142 valence electrons. The molecule has 0 bridgehead atoms. The second-order valence-electron chi connectivity index (χ2n) is 6.58. The summed E-state index contributed by atoms with van der Waals surface area (Å²) in [5.41, 5.74) is 2.71. The number of hydrogen-bond donors (Lipinski definition) is 3. The van der Waals surface area contributed by atoms with Crippen LogP contribution < -0.4 is 16.0 Å². The number of nitrogens with one attached hydrogen (secondary N) is 3. The molecule has 0 saturated carbocycles. The zero-order valence-electron chi connectivity index (χ0n) is 15.0. The van der Waals surface area contributed by atoms with Gasteiger partial charge in [-0.05, 0) is 42.3 Å². The topological polar surface area (TPSA) is 70.2 Å². The van der Waals surface area contributed by atoms with Gasteiger partial charge in [0, 0.05) is 35.3 Å². The van der Waals surface area contributed by atoms with E-state index in [2.05, 4.69) is 16.0 Å². The molecule has 3 N–H and O–H groups in total. The van der Waals surface area contributed by atoms with Gasteiger partial charge in [-0.1, -0.05) is 35.9 Å². The molecule has 0 aromatic heterocycles. The molecule has 7 heteroatoms. The molecule has 3 rings (SSSR count). The number of amides is 2. The van der Waals surface area contributed by atoms with Crippen molar-refractivity contribution in [3.05, 3.63) is 64.7 Å². The van der Waals surface area contributed by atoms with E-state index in [1.165, 1.54) is 0 Å². The number of carbonyl (C=O) groups excluding carboxylic acids is 2. The number of benzene rings is 2. The Bertz CT molecular complexity index is 830. The molecular weight excluding hydrogens is 382 g/mol. The first-order valence-corrected chi connectivity index (χ1v) is 10.2. The van der Waals surface area contributed by atoms with E-state index >= 15 is 0 Å². The van der Waals surface area contributed by atoms with Crippen LogP contribution in [0.15, 0.2) is 48.5 Å². The fraction of sp³-hybridized carbons (Fsp3) is 0.300. The lowest BCUT2D eigenvalue weighted by Crippen LogP contribution is -2.55. The van der Waals surface area contributed by atoms with E-state index in [9.17, 15) is 9.59 Å². The molecule has 1 aliphatic heterocycles. The second kappa shape index (κ2) is 9.26. The van der Waals surface area contributed by atoms with E-state index in [1.807, 2.05) is 55.5 Å². The average molecular weight is 404 g/mol. The Morgan fingerprint density at radius 3 is 2.85 bits per heavy atom. The molecule has 0 spiro atoms. The highest BCUT2D eigenvalue weighted by molar-refractivity contribution is 7.99. The lowest BCUT2D eigenvalue weighted by Gasteiger charge is -2.31. The largest absolute Gasteiger partial charge is 0.332 e. The van der Waals surface area contributed by atoms with Crippen molar-refractivity contribution in [2.24, 2.45) is 0 Å². The quantitative estimate of drug-likeness (QED) is 0.688. The third-order valence-electron chi connectivity index (χ3n) is 4.15. The van der Waals surface area contributed by atoms with Gasteiger partial charge in [-0.15, -0.1) is 11.8 Å². The Kier molecular flexibility index (Phi) is 6.77. The van der Waals surface area contributed by atoms with Crippen LogP contribution in [0.1, 0.15) is 24.0 Å². The van der Waals surface area contributed by atoms with E-state index in [4.69, 9.17) is 11.6 Å². The summed E-state index contributed by atoms with van der Waals surface area (Å²) in [5.74, 6) is 0.554. The third-order valence-corrected chi connectivity index (χ3v) is 5.47. The number of carbonyl (C=O) groups is 2. The van der Waals surface area contributed by atoms with Gasteiger partial charge in [-0.25, -0.2) is 0 Å². The maximum absolute atomic E-state index is 12.3. The van der Waals surface area contributed by atoms with E-state index in [1.54, 1.807) is 11.8 Å². The minimum Gasteiger partial charge on any atom is -0.332 e. The third kappa shape index (κ3) is 6.27. The number of hydrogen-bond acceptors (Lipinski definition) is 4.